The predicted octanol–water partition coefficient (Wildman–Crippen LogP) is -2.34. The number of oxime groups is 1. The molecule has 2 aromatic heterocycles. The van der Waals surface area contributed by atoms with Gasteiger partial charge in [0.2, 0.25) is 29.1 Å². The van der Waals surface area contributed by atoms with Crippen molar-refractivity contribution in [2.75, 3.05) is 41.9 Å². The van der Waals surface area contributed by atoms with E-state index in [0.29, 0.717) is 17.5 Å². The molecule has 2 aliphatic rings. The zero-order valence-electron chi connectivity index (χ0n) is 20.4. The maximum Gasteiger partial charge on any atom is 0.300 e. The number of nitrogen functional groups attached to an aromatic ring is 3. The van der Waals surface area contributed by atoms with Gasteiger partial charge in [0.05, 0.1) is 18.6 Å². The van der Waals surface area contributed by atoms with Gasteiger partial charge in [-0.1, -0.05) is 21.9 Å². The number of hydrogen-bond acceptors (Lipinski definition) is 15. The van der Waals surface area contributed by atoms with Crippen molar-refractivity contribution in [1.29, 1.82) is 0 Å². The lowest BCUT2D eigenvalue weighted by atomic mass is 9.89. The van der Waals surface area contributed by atoms with Crippen LogP contribution in [0.4, 0.5) is 16.8 Å². The lowest BCUT2D eigenvalue weighted by Crippen LogP contribution is -2.75. The first-order chi connectivity index (χ1) is 18.1. The number of anilines is 3. The minimum atomic E-state index is -1.35. The van der Waals surface area contributed by atoms with Gasteiger partial charge in [-0.25, -0.2) is 4.57 Å². The molecule has 0 aromatic carbocycles. The number of fused-ring (bicyclic) bond motifs is 1. The molecule has 4 rings (SSSR count). The van der Waals surface area contributed by atoms with E-state index < -0.39 is 34.6 Å². The van der Waals surface area contributed by atoms with Crippen LogP contribution in [0.1, 0.15) is 19.7 Å². The number of amides is 2. The van der Waals surface area contributed by atoms with Crippen LogP contribution in [0.2, 0.25) is 0 Å². The highest BCUT2D eigenvalue weighted by Crippen LogP contribution is 2.43. The van der Waals surface area contributed by atoms with Gasteiger partial charge in [0.15, 0.2) is 5.13 Å². The van der Waals surface area contributed by atoms with Gasteiger partial charge in [0.25, 0.3) is 5.91 Å². The number of hydrogen-bond donors (Lipinski definition) is 4. The maximum atomic E-state index is 13.0. The molecule has 204 valence electrons. The normalized spacial score (nSPS) is 22.9. The Hall–Kier alpha value is -3.38. The summed E-state index contributed by atoms with van der Waals surface area (Å²) in [5.41, 5.74) is 15.9. The first kappa shape index (κ1) is 27.6. The quantitative estimate of drug-likeness (QED) is 0.0575. The Bertz CT molecular complexity index is 1290. The summed E-state index contributed by atoms with van der Waals surface area (Å²) in [4.78, 5) is 52.9. The van der Waals surface area contributed by atoms with E-state index >= 15 is 0 Å². The predicted molar refractivity (Wildman–Crippen MR) is 139 cm³/mol. The van der Waals surface area contributed by atoms with Crippen LogP contribution >= 0.6 is 35.1 Å². The maximum absolute atomic E-state index is 13.0. The molecule has 7 N–H and O–H groups in total. The van der Waals surface area contributed by atoms with Crippen LogP contribution in [0.25, 0.3) is 0 Å². The summed E-state index contributed by atoms with van der Waals surface area (Å²) in [7, 11) is 0. The fourth-order valence-corrected chi connectivity index (χ4v) is 7.30. The Morgan fingerprint density at radius 2 is 2.13 bits per heavy atom. The molecule has 2 fully saturated rings. The van der Waals surface area contributed by atoms with Gasteiger partial charge in [0.1, 0.15) is 18.0 Å². The van der Waals surface area contributed by atoms with Crippen LogP contribution in [0.5, 0.6) is 0 Å². The molecule has 38 heavy (non-hydrogen) atoms. The highest BCUT2D eigenvalue weighted by atomic mass is 32.2. The second-order valence-electron chi connectivity index (χ2n) is 8.42. The zero-order chi connectivity index (χ0) is 27.6. The van der Waals surface area contributed by atoms with Gasteiger partial charge in [-0.2, -0.15) is 9.36 Å². The van der Waals surface area contributed by atoms with E-state index in [1.807, 2.05) is 6.92 Å². The lowest BCUT2D eigenvalue weighted by Gasteiger charge is -2.55. The fraction of sp³-hybridized carbons (Fsp3) is 0.500. The minimum Gasteiger partial charge on any atom is -0.549 e. The number of carbonyl (C=O) groups is 3. The average molecular weight is 583 g/mol. The smallest absolute Gasteiger partial charge is 0.300 e. The highest BCUT2D eigenvalue weighted by molar-refractivity contribution is 8.00. The second-order valence-corrected chi connectivity index (χ2v) is 11.3. The summed E-state index contributed by atoms with van der Waals surface area (Å²) < 4.78 is 5.70. The van der Waals surface area contributed by atoms with E-state index in [1.54, 1.807) is 11.5 Å². The van der Waals surface area contributed by atoms with Crippen molar-refractivity contribution < 1.29 is 28.9 Å². The van der Waals surface area contributed by atoms with E-state index in [-0.39, 0.29) is 47.1 Å². The molecule has 0 bridgehead atoms. The van der Waals surface area contributed by atoms with E-state index in [9.17, 15) is 19.5 Å². The zero-order valence-corrected chi connectivity index (χ0v) is 22.9. The average Bonchev–Trinajstić information content (AvgIpc) is 3.31. The van der Waals surface area contributed by atoms with Crippen LogP contribution < -0.4 is 32.2 Å². The molecule has 0 aliphatic carbocycles. The lowest BCUT2D eigenvalue weighted by molar-refractivity contribution is -0.719. The summed E-state index contributed by atoms with van der Waals surface area (Å²) in [5.74, 6) is -1.59. The van der Waals surface area contributed by atoms with Gasteiger partial charge in [-0.05, 0) is 13.8 Å². The van der Waals surface area contributed by atoms with Gasteiger partial charge in [-0.15, -0.1) is 11.8 Å². The number of aliphatic carboxylic acids is 1. The third kappa shape index (κ3) is 5.28. The van der Waals surface area contributed by atoms with Crippen molar-refractivity contribution in [3.63, 3.8) is 0 Å². The molecule has 2 saturated heterocycles. The van der Waals surface area contributed by atoms with Gasteiger partial charge < -0.3 is 42.2 Å². The number of aromatic nitrogens is 4. The van der Waals surface area contributed by atoms with Gasteiger partial charge in [0, 0.05) is 35.0 Å². The molecular weight excluding hydrogens is 556 g/mol. The highest BCUT2D eigenvalue weighted by Gasteiger charge is 2.56. The van der Waals surface area contributed by atoms with Crippen LogP contribution in [0.15, 0.2) is 16.4 Å². The molecular formula is C20H26N10O5S3. The summed E-state index contributed by atoms with van der Waals surface area (Å²) in [5, 5.41) is 18.9. The Kier molecular flexibility index (Phi) is 8.12. The standard InChI is InChI=1S/C20H26N10O5S3/c1-3-29-10(22)5-9(21)24-19(29)37-8-20(17(33)34)6-30-15(32)12(16(30)36-7-20)25-14(31)11(27-35-4-2)13-26-18(23)38-28-13/h5,12,16H,3-4,6-8H2,1-2H3,(H7,21,22,23,25,26,28,31,33,34)/t12?,16-,20?/m1/s1. The van der Waals surface area contributed by atoms with E-state index in [4.69, 9.17) is 22.0 Å². The fourth-order valence-electron chi connectivity index (χ4n) is 3.92. The summed E-state index contributed by atoms with van der Waals surface area (Å²) in [6.45, 7) is 4.20. The van der Waals surface area contributed by atoms with E-state index in [1.165, 1.54) is 34.5 Å². The monoisotopic (exact) mass is 582 g/mol. The number of nitrogens with two attached hydrogens (primary N) is 3. The number of carboxylic acids is 1. The number of nitrogens with one attached hydrogen (secondary N) is 1. The molecule has 2 unspecified atom stereocenters. The molecule has 0 saturated carbocycles. The number of nitrogens with zero attached hydrogens (tertiary/aromatic N) is 6. The first-order valence-corrected chi connectivity index (χ1v) is 14.2. The Balaban J connectivity index is 1.46. The number of carbonyl (C=O) groups excluding carboxylic acids is 3. The number of carboxylic acid groups (broad SMARTS) is 1. The molecule has 4 heterocycles. The largest absolute Gasteiger partial charge is 0.549 e. The number of thioether (sulfide) groups is 2. The van der Waals surface area contributed by atoms with Gasteiger partial charge >= 0.3 is 5.16 Å². The summed E-state index contributed by atoms with van der Waals surface area (Å²) in [6.07, 6.45) is 0. The molecule has 2 aliphatic heterocycles. The number of rotatable bonds is 10. The minimum absolute atomic E-state index is 0.0218. The third-order valence-corrected chi connectivity index (χ3v) is 9.27. The Labute approximate surface area is 229 Å². The van der Waals surface area contributed by atoms with Gasteiger partial charge in [-0.3, -0.25) is 9.59 Å². The third-order valence-electron chi connectivity index (χ3n) is 5.87. The van der Waals surface area contributed by atoms with Crippen molar-refractivity contribution in [3.8, 4) is 0 Å². The van der Waals surface area contributed by atoms with E-state index in [2.05, 4.69) is 24.8 Å². The molecule has 18 heteroatoms. The summed E-state index contributed by atoms with van der Waals surface area (Å²) in [6, 6.07) is 0.639. The molecule has 2 amide bonds. The topological polar surface area (TPSA) is 232 Å². The Morgan fingerprint density at radius 3 is 2.76 bits per heavy atom. The molecule has 3 atom stereocenters. The number of β-lactam (4-membered cyclic amide) rings is 1. The van der Waals surface area contributed by atoms with Crippen molar-refractivity contribution in [2.45, 2.75) is 37.0 Å². The first-order valence-electron chi connectivity index (χ1n) is 11.4. The Morgan fingerprint density at radius 1 is 1.37 bits per heavy atom. The molecule has 15 nitrogen and oxygen atoms in total. The second kappa shape index (κ2) is 11.2. The van der Waals surface area contributed by atoms with Crippen molar-refractivity contribution >= 4 is 75.3 Å². The summed E-state index contributed by atoms with van der Waals surface area (Å²) >= 11 is 3.31. The van der Waals surface area contributed by atoms with Crippen LogP contribution in [-0.2, 0) is 25.8 Å². The SMILES string of the molecule is CCON=C(C(=O)NC1C(=O)N2CC(CSc3nc(N)cc(N)[n+]3CC)(C(=O)[O-])CS[C@H]12)c1nsc(N)n1. The van der Waals surface area contributed by atoms with Crippen LogP contribution in [0.3, 0.4) is 0 Å². The van der Waals surface area contributed by atoms with Crippen molar-refractivity contribution in [1.82, 2.24) is 24.6 Å². The molecule has 0 spiro atoms. The van der Waals surface area contributed by atoms with Crippen LogP contribution in [-0.4, -0.2) is 78.8 Å². The van der Waals surface area contributed by atoms with E-state index in [0.717, 1.165) is 11.5 Å². The van der Waals surface area contributed by atoms with Crippen molar-refractivity contribution in [2.24, 2.45) is 10.6 Å². The van der Waals surface area contributed by atoms with Crippen LogP contribution in [0, 0.1) is 5.41 Å². The molecule has 2 aromatic rings. The van der Waals surface area contributed by atoms with Crippen molar-refractivity contribution in [3.05, 3.63) is 11.9 Å². The molecule has 0 radical (unpaired) electrons.